The molecule has 9 nitrogen and oxygen atoms in total. The van der Waals surface area contributed by atoms with E-state index < -0.39 is 11.2 Å². The van der Waals surface area contributed by atoms with E-state index in [1.807, 2.05) is 18.2 Å². The first-order valence-corrected chi connectivity index (χ1v) is 12.7. The zero-order valence-corrected chi connectivity index (χ0v) is 21.0. The number of ether oxygens (including phenoxy) is 1. The fraction of sp³-hybridized carbons (Fsp3) is 0.208. The lowest BCUT2D eigenvalue weighted by molar-refractivity contribution is -0.384. The van der Waals surface area contributed by atoms with E-state index >= 15 is 0 Å². The van der Waals surface area contributed by atoms with Gasteiger partial charge in [-0.3, -0.25) is 10.1 Å². The number of non-ortho nitro benzene ring substituents is 1. The lowest BCUT2D eigenvalue weighted by Crippen LogP contribution is -2.16. The number of fused-ring (bicyclic) bond motifs is 3. The Labute approximate surface area is 213 Å². The van der Waals surface area contributed by atoms with Gasteiger partial charge in [-0.05, 0) is 36.8 Å². The second kappa shape index (κ2) is 10.0. The van der Waals surface area contributed by atoms with Gasteiger partial charge in [0.05, 0.1) is 4.92 Å². The number of anilines is 1. The number of hydrogen-bond donors (Lipinski definition) is 1. The van der Waals surface area contributed by atoms with Gasteiger partial charge in [0.1, 0.15) is 5.76 Å². The summed E-state index contributed by atoms with van der Waals surface area (Å²) in [7, 11) is 0. The van der Waals surface area contributed by atoms with E-state index in [0.29, 0.717) is 33.8 Å². The highest BCUT2D eigenvalue weighted by Crippen LogP contribution is 2.41. The molecular weight excluding hydrogens is 534 g/mol. The molecule has 0 radical (unpaired) electrons. The molecule has 1 aliphatic rings. The SMILES string of the molecule is CCCCSc1nnc2c(n1)O[C@@H](c1ccc(-c3cccc([N+](=O)[O-])c3)o1)Nc1ccc(Br)cc1-2. The largest absolute Gasteiger partial charge is 0.455 e. The first kappa shape index (κ1) is 23.3. The molecular formula is C24H20BrN5O4S. The Balaban J connectivity index is 1.51. The smallest absolute Gasteiger partial charge is 0.270 e. The van der Waals surface area contributed by atoms with Gasteiger partial charge in [0.2, 0.25) is 17.3 Å². The van der Waals surface area contributed by atoms with E-state index in [2.05, 4.69) is 43.4 Å². The molecule has 178 valence electrons. The molecule has 1 N–H and O–H groups in total. The first-order valence-electron chi connectivity index (χ1n) is 11.0. The number of hydrogen-bond acceptors (Lipinski definition) is 9. The maximum atomic E-state index is 11.2. The van der Waals surface area contributed by atoms with Gasteiger partial charge >= 0.3 is 0 Å². The molecule has 0 amide bonds. The minimum absolute atomic E-state index is 0.00593. The quantitative estimate of drug-likeness (QED) is 0.113. The zero-order valence-electron chi connectivity index (χ0n) is 18.6. The monoisotopic (exact) mass is 553 g/mol. The fourth-order valence-corrected chi connectivity index (χ4v) is 4.81. The van der Waals surface area contributed by atoms with Crippen molar-refractivity contribution in [3.05, 3.63) is 74.9 Å². The number of thioether (sulfide) groups is 1. The summed E-state index contributed by atoms with van der Waals surface area (Å²) in [6.07, 6.45) is 1.44. The Hall–Kier alpha value is -3.44. The minimum Gasteiger partial charge on any atom is -0.455 e. The zero-order chi connectivity index (χ0) is 24.4. The van der Waals surface area contributed by atoms with Crippen LogP contribution in [0.25, 0.3) is 22.6 Å². The van der Waals surface area contributed by atoms with Gasteiger partial charge in [0, 0.05) is 39.2 Å². The van der Waals surface area contributed by atoms with Gasteiger partial charge in [-0.2, -0.15) is 4.98 Å². The molecule has 1 atom stereocenters. The maximum absolute atomic E-state index is 11.2. The van der Waals surface area contributed by atoms with E-state index in [-0.39, 0.29) is 5.69 Å². The Kier molecular flexibility index (Phi) is 6.69. The predicted molar refractivity (Wildman–Crippen MR) is 136 cm³/mol. The van der Waals surface area contributed by atoms with Crippen LogP contribution in [0.5, 0.6) is 5.88 Å². The van der Waals surface area contributed by atoms with Crippen molar-refractivity contribution in [2.24, 2.45) is 0 Å². The van der Waals surface area contributed by atoms with Crippen LogP contribution >= 0.6 is 27.7 Å². The van der Waals surface area contributed by atoms with Gasteiger partial charge in [-0.1, -0.05) is 53.2 Å². The second-order valence-corrected chi connectivity index (χ2v) is 9.77. The molecule has 2 aromatic carbocycles. The third kappa shape index (κ3) is 5.01. The molecule has 1 aliphatic heterocycles. The lowest BCUT2D eigenvalue weighted by atomic mass is 10.1. The number of halogens is 1. The number of nitrogens with one attached hydrogen (secondary N) is 1. The number of benzene rings is 2. The summed E-state index contributed by atoms with van der Waals surface area (Å²) in [6.45, 7) is 2.14. The van der Waals surface area contributed by atoms with Gasteiger partial charge in [0.15, 0.2) is 11.5 Å². The lowest BCUT2D eigenvalue weighted by Gasteiger charge is -2.16. The van der Waals surface area contributed by atoms with Gasteiger partial charge in [-0.15, -0.1) is 10.2 Å². The molecule has 0 saturated carbocycles. The predicted octanol–water partition coefficient (Wildman–Crippen LogP) is 6.86. The molecule has 5 rings (SSSR count). The summed E-state index contributed by atoms with van der Waals surface area (Å²) in [5, 5.41) is 23.8. The number of nitro benzene ring substituents is 1. The number of nitrogens with zero attached hydrogens (tertiary/aromatic N) is 4. The highest BCUT2D eigenvalue weighted by Gasteiger charge is 2.28. The molecule has 4 aromatic rings. The van der Waals surface area contributed by atoms with Crippen molar-refractivity contribution in [2.75, 3.05) is 11.1 Å². The van der Waals surface area contributed by atoms with E-state index in [9.17, 15) is 10.1 Å². The van der Waals surface area contributed by atoms with Crippen LogP contribution in [0, 0.1) is 10.1 Å². The third-order valence-electron chi connectivity index (χ3n) is 5.34. The molecule has 11 heteroatoms. The van der Waals surface area contributed by atoms with Crippen LogP contribution in [-0.2, 0) is 0 Å². The van der Waals surface area contributed by atoms with Crippen molar-refractivity contribution in [1.82, 2.24) is 15.2 Å². The Morgan fingerprint density at radius 2 is 2.06 bits per heavy atom. The maximum Gasteiger partial charge on any atom is 0.270 e. The van der Waals surface area contributed by atoms with E-state index in [4.69, 9.17) is 9.15 Å². The standard InChI is InChI=1S/C24H20BrN5O4S/c1-2-3-11-35-24-27-23-21(28-29-24)17-13-15(25)7-8-18(17)26-22(34-23)20-10-9-19(33-20)14-5-4-6-16(12-14)30(31)32/h4-10,12-13,22,26H,2-3,11H2,1H3/t22-/m0/s1. The molecule has 0 aliphatic carbocycles. The van der Waals surface area contributed by atoms with E-state index in [0.717, 1.165) is 34.3 Å². The molecule has 2 aromatic heterocycles. The fourth-order valence-electron chi connectivity index (χ4n) is 3.59. The molecule has 0 saturated heterocycles. The van der Waals surface area contributed by atoms with Crippen molar-refractivity contribution < 1.29 is 14.1 Å². The minimum atomic E-state index is -0.700. The third-order valence-corrected chi connectivity index (χ3v) is 6.76. The van der Waals surface area contributed by atoms with Gasteiger partial charge in [0.25, 0.3) is 5.69 Å². The van der Waals surface area contributed by atoms with E-state index in [1.165, 1.54) is 23.9 Å². The summed E-state index contributed by atoms with van der Waals surface area (Å²) >= 11 is 5.06. The van der Waals surface area contributed by atoms with Gasteiger partial charge < -0.3 is 14.5 Å². The molecule has 0 fully saturated rings. The summed E-state index contributed by atoms with van der Waals surface area (Å²) < 4.78 is 13.2. The van der Waals surface area contributed by atoms with Crippen molar-refractivity contribution in [1.29, 1.82) is 0 Å². The number of rotatable bonds is 7. The number of furan rings is 1. The van der Waals surface area contributed by atoms with Crippen molar-refractivity contribution in [3.8, 4) is 28.5 Å². The van der Waals surface area contributed by atoms with Crippen molar-refractivity contribution >= 4 is 39.1 Å². The molecule has 0 bridgehead atoms. The van der Waals surface area contributed by atoms with Crippen LogP contribution in [0.1, 0.15) is 31.8 Å². The first-order chi connectivity index (χ1) is 17.0. The Morgan fingerprint density at radius 1 is 1.17 bits per heavy atom. The van der Waals surface area contributed by atoms with Crippen molar-refractivity contribution in [3.63, 3.8) is 0 Å². The van der Waals surface area contributed by atoms with Crippen LogP contribution in [-0.4, -0.2) is 25.9 Å². The topological polar surface area (TPSA) is 116 Å². The van der Waals surface area contributed by atoms with Crippen LogP contribution in [0.2, 0.25) is 0 Å². The Bertz CT molecular complexity index is 1400. The molecule has 0 spiro atoms. The normalized spacial score (nSPS) is 14.3. The van der Waals surface area contributed by atoms with Crippen molar-refractivity contribution in [2.45, 2.75) is 31.1 Å². The highest BCUT2D eigenvalue weighted by atomic mass is 79.9. The number of unbranched alkanes of at least 4 members (excludes halogenated alkanes) is 1. The highest BCUT2D eigenvalue weighted by molar-refractivity contribution is 9.10. The van der Waals surface area contributed by atoms with E-state index in [1.54, 1.807) is 24.3 Å². The average molecular weight is 554 g/mol. The Morgan fingerprint density at radius 3 is 2.89 bits per heavy atom. The average Bonchev–Trinajstić information content (AvgIpc) is 3.30. The number of aromatic nitrogens is 3. The summed E-state index contributed by atoms with van der Waals surface area (Å²) in [5.41, 5.74) is 2.71. The molecule has 0 unspecified atom stereocenters. The second-order valence-electron chi connectivity index (χ2n) is 7.79. The van der Waals surface area contributed by atoms with Crippen LogP contribution in [0.4, 0.5) is 11.4 Å². The molecule has 3 heterocycles. The molecule has 35 heavy (non-hydrogen) atoms. The van der Waals surface area contributed by atoms with Crippen LogP contribution in [0.3, 0.4) is 0 Å². The number of nitro groups is 1. The van der Waals surface area contributed by atoms with Crippen LogP contribution in [0.15, 0.2) is 68.6 Å². The van der Waals surface area contributed by atoms with Gasteiger partial charge in [-0.25, -0.2) is 0 Å². The summed E-state index contributed by atoms with van der Waals surface area (Å²) in [6, 6.07) is 15.6. The van der Waals surface area contributed by atoms with Crippen LogP contribution < -0.4 is 10.1 Å². The summed E-state index contributed by atoms with van der Waals surface area (Å²) in [4.78, 5) is 15.4. The summed E-state index contributed by atoms with van der Waals surface area (Å²) in [5.74, 6) is 2.23.